The van der Waals surface area contributed by atoms with E-state index in [2.05, 4.69) is 4.72 Å². The van der Waals surface area contributed by atoms with E-state index in [0.717, 1.165) is 45.0 Å². The fraction of sp³-hybridized carbons (Fsp3) is 0.529. The van der Waals surface area contributed by atoms with Gasteiger partial charge in [0.25, 0.3) is 0 Å². The summed E-state index contributed by atoms with van der Waals surface area (Å²) in [5.74, 6) is -0.0651. The number of anilines is 1. The molecule has 132 valence electrons. The van der Waals surface area contributed by atoms with Crippen LogP contribution in [0.5, 0.6) is 0 Å². The van der Waals surface area contributed by atoms with Crippen LogP contribution in [-0.4, -0.2) is 44.4 Å². The molecule has 1 fully saturated rings. The predicted molar refractivity (Wildman–Crippen MR) is 93.5 cm³/mol. The number of hydrogen-bond acceptors (Lipinski definition) is 4. The zero-order valence-electron chi connectivity index (χ0n) is 14.0. The highest BCUT2D eigenvalue weighted by Crippen LogP contribution is 2.15. The average molecular weight is 352 g/mol. The number of carbonyl (C=O) groups is 2. The molecule has 2 rings (SSSR count). The van der Waals surface area contributed by atoms with Gasteiger partial charge in [0, 0.05) is 37.2 Å². The van der Waals surface area contributed by atoms with Crippen LogP contribution < -0.4 is 4.72 Å². The van der Waals surface area contributed by atoms with Gasteiger partial charge in [-0.3, -0.25) is 14.3 Å². The summed E-state index contributed by atoms with van der Waals surface area (Å²) in [6, 6.07) is 6.24. The molecule has 0 spiro atoms. The van der Waals surface area contributed by atoms with Crippen LogP contribution >= 0.6 is 0 Å². The molecule has 24 heavy (non-hydrogen) atoms. The van der Waals surface area contributed by atoms with Crippen LogP contribution in [0.3, 0.4) is 0 Å². The first-order valence-corrected chi connectivity index (χ1v) is 10.1. The SMILES string of the molecule is CS(=O)(=O)Nc1ccc(C(=O)CCC(=O)N2CCCCCC2)cc1. The van der Waals surface area contributed by atoms with E-state index >= 15 is 0 Å². The molecular formula is C17H24N2O4S. The molecule has 0 saturated carbocycles. The number of rotatable bonds is 6. The summed E-state index contributed by atoms with van der Waals surface area (Å²) in [4.78, 5) is 26.2. The first-order valence-electron chi connectivity index (χ1n) is 8.24. The maximum Gasteiger partial charge on any atom is 0.229 e. The highest BCUT2D eigenvalue weighted by Gasteiger charge is 2.17. The molecule has 6 nitrogen and oxygen atoms in total. The second kappa shape index (κ2) is 8.28. The minimum atomic E-state index is -3.33. The van der Waals surface area contributed by atoms with Crippen molar-refractivity contribution < 1.29 is 18.0 Å². The minimum Gasteiger partial charge on any atom is -0.343 e. The summed E-state index contributed by atoms with van der Waals surface area (Å²) in [5, 5.41) is 0. The lowest BCUT2D eigenvalue weighted by Crippen LogP contribution is -2.32. The molecule has 0 atom stereocenters. The number of carbonyl (C=O) groups excluding carboxylic acids is 2. The van der Waals surface area contributed by atoms with Gasteiger partial charge < -0.3 is 4.90 Å². The molecule has 1 aliphatic rings. The zero-order chi connectivity index (χ0) is 17.6. The zero-order valence-corrected chi connectivity index (χ0v) is 14.8. The van der Waals surface area contributed by atoms with E-state index < -0.39 is 10.0 Å². The van der Waals surface area contributed by atoms with Gasteiger partial charge in [-0.05, 0) is 37.1 Å². The molecule has 0 unspecified atom stereocenters. The smallest absolute Gasteiger partial charge is 0.229 e. The fourth-order valence-corrected chi connectivity index (χ4v) is 3.35. The molecule has 1 heterocycles. The first kappa shape index (κ1) is 18.4. The second-order valence-corrected chi connectivity index (χ2v) is 7.92. The van der Waals surface area contributed by atoms with E-state index in [1.165, 1.54) is 0 Å². The number of hydrogen-bond donors (Lipinski definition) is 1. The number of nitrogens with one attached hydrogen (secondary N) is 1. The molecule has 7 heteroatoms. The number of nitrogens with zero attached hydrogens (tertiary/aromatic N) is 1. The molecule has 0 bridgehead atoms. The van der Waals surface area contributed by atoms with Crippen molar-refractivity contribution in [3.05, 3.63) is 29.8 Å². The Kier molecular flexibility index (Phi) is 6.36. The number of sulfonamides is 1. The van der Waals surface area contributed by atoms with Crippen molar-refractivity contribution in [3.63, 3.8) is 0 Å². The van der Waals surface area contributed by atoms with Crippen molar-refractivity contribution in [1.29, 1.82) is 0 Å². The van der Waals surface area contributed by atoms with Gasteiger partial charge in [0.2, 0.25) is 15.9 Å². The van der Waals surface area contributed by atoms with Crippen LogP contribution in [0.2, 0.25) is 0 Å². The lowest BCUT2D eigenvalue weighted by molar-refractivity contribution is -0.131. The third-order valence-electron chi connectivity index (χ3n) is 4.03. The molecule has 0 radical (unpaired) electrons. The molecule has 1 N–H and O–H groups in total. The molecule has 0 aromatic heterocycles. The molecule has 1 aromatic rings. The maximum atomic E-state index is 12.2. The van der Waals surface area contributed by atoms with Gasteiger partial charge in [-0.2, -0.15) is 0 Å². The maximum absolute atomic E-state index is 12.2. The van der Waals surface area contributed by atoms with Crippen molar-refractivity contribution in [1.82, 2.24) is 4.90 Å². The van der Waals surface area contributed by atoms with Gasteiger partial charge in [-0.25, -0.2) is 8.42 Å². The van der Waals surface area contributed by atoms with Gasteiger partial charge in [0.15, 0.2) is 5.78 Å². The monoisotopic (exact) mass is 352 g/mol. The van der Waals surface area contributed by atoms with Crippen LogP contribution in [0.15, 0.2) is 24.3 Å². The van der Waals surface area contributed by atoms with E-state index in [-0.39, 0.29) is 24.5 Å². The highest BCUT2D eigenvalue weighted by atomic mass is 32.2. The van der Waals surface area contributed by atoms with Crippen LogP contribution in [0.25, 0.3) is 0 Å². The summed E-state index contributed by atoms with van der Waals surface area (Å²) in [7, 11) is -3.33. The van der Waals surface area contributed by atoms with Gasteiger partial charge in [-0.15, -0.1) is 0 Å². The average Bonchev–Trinajstić information content (AvgIpc) is 2.80. The van der Waals surface area contributed by atoms with E-state index in [0.29, 0.717) is 11.3 Å². The Bertz CT molecular complexity index is 675. The summed E-state index contributed by atoms with van der Waals surface area (Å²) in [6.45, 7) is 1.58. The van der Waals surface area contributed by atoms with Crippen LogP contribution in [-0.2, 0) is 14.8 Å². The third-order valence-corrected chi connectivity index (χ3v) is 4.64. The molecular weight excluding hydrogens is 328 g/mol. The van der Waals surface area contributed by atoms with E-state index in [4.69, 9.17) is 0 Å². The van der Waals surface area contributed by atoms with E-state index in [1.807, 2.05) is 4.90 Å². The standard InChI is InChI=1S/C17H24N2O4S/c1-24(22,23)18-15-8-6-14(7-9-15)16(20)10-11-17(21)19-12-4-2-3-5-13-19/h6-9,18H,2-5,10-13H2,1H3. The highest BCUT2D eigenvalue weighted by molar-refractivity contribution is 7.92. The van der Waals surface area contributed by atoms with E-state index in [9.17, 15) is 18.0 Å². The van der Waals surface area contributed by atoms with Crippen molar-refractivity contribution in [2.75, 3.05) is 24.1 Å². The Morgan fingerprint density at radius 3 is 2.12 bits per heavy atom. The number of ketones is 1. The Labute approximate surface area is 143 Å². The summed E-state index contributed by atoms with van der Waals surface area (Å²) < 4.78 is 24.6. The molecule has 1 amide bonds. The summed E-state index contributed by atoms with van der Waals surface area (Å²) in [6.07, 6.45) is 5.87. The Hall–Kier alpha value is -1.89. The van der Waals surface area contributed by atoms with Crippen molar-refractivity contribution >= 4 is 27.4 Å². The van der Waals surface area contributed by atoms with Gasteiger partial charge >= 0.3 is 0 Å². The second-order valence-electron chi connectivity index (χ2n) is 6.17. The quantitative estimate of drug-likeness (QED) is 0.797. The van der Waals surface area contributed by atoms with Gasteiger partial charge in [0.05, 0.1) is 6.26 Å². The first-order chi connectivity index (χ1) is 11.3. The molecule has 1 saturated heterocycles. The Morgan fingerprint density at radius 1 is 1.00 bits per heavy atom. The van der Waals surface area contributed by atoms with Crippen LogP contribution in [0, 0.1) is 0 Å². The van der Waals surface area contributed by atoms with Crippen molar-refractivity contribution in [2.24, 2.45) is 0 Å². The number of benzene rings is 1. The summed E-state index contributed by atoms with van der Waals surface area (Å²) >= 11 is 0. The van der Waals surface area contributed by atoms with E-state index in [1.54, 1.807) is 24.3 Å². The number of amides is 1. The largest absolute Gasteiger partial charge is 0.343 e. The number of Topliss-reactive ketones (excluding diaryl/α,β-unsaturated/α-hetero) is 1. The molecule has 1 aromatic carbocycles. The number of likely N-dealkylation sites (tertiary alicyclic amines) is 1. The Morgan fingerprint density at radius 2 is 1.58 bits per heavy atom. The Balaban J connectivity index is 1.86. The van der Waals surface area contributed by atoms with Gasteiger partial charge in [-0.1, -0.05) is 12.8 Å². The van der Waals surface area contributed by atoms with Crippen molar-refractivity contribution in [3.8, 4) is 0 Å². The lowest BCUT2D eigenvalue weighted by Gasteiger charge is -2.20. The third kappa shape index (κ3) is 5.96. The molecule has 0 aliphatic carbocycles. The normalized spacial score (nSPS) is 15.6. The van der Waals surface area contributed by atoms with Crippen LogP contribution in [0.1, 0.15) is 48.9 Å². The minimum absolute atomic E-state index is 0.0422. The van der Waals surface area contributed by atoms with Crippen molar-refractivity contribution in [2.45, 2.75) is 38.5 Å². The predicted octanol–water partition coefficient (Wildman–Crippen LogP) is 2.42. The fourth-order valence-electron chi connectivity index (χ4n) is 2.78. The topological polar surface area (TPSA) is 83.5 Å². The summed E-state index contributed by atoms with van der Waals surface area (Å²) in [5.41, 5.74) is 0.896. The molecule has 1 aliphatic heterocycles. The van der Waals surface area contributed by atoms with Gasteiger partial charge in [0.1, 0.15) is 0 Å². The lowest BCUT2D eigenvalue weighted by atomic mass is 10.1. The van der Waals surface area contributed by atoms with Crippen LogP contribution in [0.4, 0.5) is 5.69 Å².